The van der Waals surface area contributed by atoms with Crippen LogP contribution in [0.15, 0.2) is 17.1 Å². The summed E-state index contributed by atoms with van der Waals surface area (Å²) in [5.74, 6) is -4.61. The topological polar surface area (TPSA) is 78.0 Å². The normalized spacial score (nSPS) is 16.5. The number of amides is 1. The minimum Gasteiger partial charge on any atom is -0.379 e. The number of carbonyl (C=O) groups excluding carboxylic acids is 1. The third-order valence-electron chi connectivity index (χ3n) is 4.27. The minimum atomic E-state index is -1.63. The van der Waals surface area contributed by atoms with Gasteiger partial charge in [-0.3, -0.25) is 9.69 Å². The van der Waals surface area contributed by atoms with Crippen LogP contribution in [0.4, 0.5) is 18.9 Å². The van der Waals surface area contributed by atoms with Crippen LogP contribution in [-0.2, 0) is 9.53 Å². The van der Waals surface area contributed by atoms with Gasteiger partial charge >= 0.3 is 0 Å². The van der Waals surface area contributed by atoms with Crippen molar-refractivity contribution in [2.24, 2.45) is 4.99 Å². The number of nitrogens with one attached hydrogen (secondary N) is 3. The molecule has 2 rings (SSSR count). The molecule has 0 aromatic heterocycles. The molecule has 1 atom stereocenters. The van der Waals surface area contributed by atoms with Crippen molar-refractivity contribution in [3.05, 3.63) is 29.6 Å². The number of nitrogens with zero attached hydrogens (tertiary/aromatic N) is 2. The number of aliphatic imine (C=N–C) groups is 1. The summed E-state index contributed by atoms with van der Waals surface area (Å²) in [4.78, 5) is 18.4. The molecule has 7 nitrogen and oxygen atoms in total. The van der Waals surface area contributed by atoms with Crippen LogP contribution in [-0.4, -0.2) is 68.7 Å². The van der Waals surface area contributed by atoms with E-state index in [4.69, 9.17) is 4.74 Å². The lowest BCUT2D eigenvalue weighted by Crippen LogP contribution is -2.49. The number of ether oxygens (including phenoxy) is 1. The van der Waals surface area contributed by atoms with E-state index in [0.29, 0.717) is 32.3 Å². The molecule has 0 radical (unpaired) electrons. The molecule has 1 saturated heterocycles. The van der Waals surface area contributed by atoms with Gasteiger partial charge in [0.1, 0.15) is 6.54 Å². The fraction of sp³-hybridized carbons (Fsp3) is 0.556. The lowest BCUT2D eigenvalue weighted by Gasteiger charge is -2.32. The van der Waals surface area contributed by atoms with Crippen molar-refractivity contribution in [3.63, 3.8) is 0 Å². The number of hydrogen-bond donors (Lipinski definition) is 3. The first-order chi connectivity index (χ1) is 13.4. The second kappa shape index (κ2) is 10.9. The van der Waals surface area contributed by atoms with E-state index in [2.05, 4.69) is 32.8 Å². The van der Waals surface area contributed by atoms with Crippen molar-refractivity contribution in [1.82, 2.24) is 15.5 Å². The Hall–Kier alpha value is -2.33. The first kappa shape index (κ1) is 22.0. The number of benzene rings is 1. The Morgan fingerprint density at radius 3 is 2.61 bits per heavy atom. The van der Waals surface area contributed by atoms with Gasteiger partial charge in [0, 0.05) is 32.2 Å². The molecule has 1 unspecified atom stereocenters. The van der Waals surface area contributed by atoms with Crippen LogP contribution in [0.5, 0.6) is 0 Å². The first-order valence-electron chi connectivity index (χ1n) is 9.19. The average molecular weight is 401 g/mol. The maximum Gasteiger partial charge on any atom is 0.246 e. The second-order valence-electron chi connectivity index (χ2n) is 6.34. The van der Waals surface area contributed by atoms with Crippen LogP contribution >= 0.6 is 0 Å². The summed E-state index contributed by atoms with van der Waals surface area (Å²) < 4.78 is 45.1. The molecule has 3 N–H and O–H groups in total. The average Bonchev–Trinajstić information content (AvgIpc) is 2.71. The zero-order chi connectivity index (χ0) is 20.5. The zero-order valence-corrected chi connectivity index (χ0v) is 16.0. The third-order valence-corrected chi connectivity index (χ3v) is 4.27. The van der Waals surface area contributed by atoms with Crippen LogP contribution in [0.3, 0.4) is 0 Å². The van der Waals surface area contributed by atoms with Crippen LogP contribution in [0, 0.1) is 17.5 Å². The Bertz CT molecular complexity index is 696. The highest BCUT2D eigenvalue weighted by atomic mass is 19.2. The second-order valence-corrected chi connectivity index (χ2v) is 6.34. The van der Waals surface area contributed by atoms with E-state index in [1.807, 2.05) is 6.92 Å². The summed E-state index contributed by atoms with van der Waals surface area (Å²) in [7, 11) is 0. The molecule has 156 valence electrons. The molecule has 0 bridgehead atoms. The summed E-state index contributed by atoms with van der Waals surface area (Å²) in [5, 5.41) is 8.36. The lowest BCUT2D eigenvalue weighted by atomic mass is 10.2. The van der Waals surface area contributed by atoms with E-state index in [9.17, 15) is 18.0 Å². The fourth-order valence-electron chi connectivity index (χ4n) is 2.70. The van der Waals surface area contributed by atoms with Gasteiger partial charge in [-0.05, 0) is 26.0 Å². The third kappa shape index (κ3) is 6.38. The quantitative estimate of drug-likeness (QED) is 0.365. The number of carbonyl (C=O) groups is 1. The molecule has 1 aliphatic rings. The number of rotatable bonds is 7. The minimum absolute atomic E-state index is 0.248. The van der Waals surface area contributed by atoms with E-state index in [1.165, 1.54) is 0 Å². The predicted octanol–water partition coefficient (Wildman–Crippen LogP) is 1.32. The molecule has 0 saturated carbocycles. The van der Waals surface area contributed by atoms with Crippen molar-refractivity contribution in [2.75, 3.05) is 51.3 Å². The summed E-state index contributed by atoms with van der Waals surface area (Å²) in [6.07, 6.45) is 0. The SMILES string of the molecule is CCNC(=NCC(=O)Nc1ccc(F)c(F)c1F)NCC(C)N1CCOCC1. The van der Waals surface area contributed by atoms with Gasteiger partial charge in [0.25, 0.3) is 0 Å². The summed E-state index contributed by atoms with van der Waals surface area (Å²) in [6, 6.07) is 1.96. The monoisotopic (exact) mass is 401 g/mol. The molecular weight excluding hydrogens is 375 g/mol. The van der Waals surface area contributed by atoms with E-state index in [0.717, 1.165) is 25.2 Å². The molecule has 10 heteroatoms. The molecule has 28 heavy (non-hydrogen) atoms. The van der Waals surface area contributed by atoms with Crippen LogP contribution in [0.2, 0.25) is 0 Å². The standard InChI is InChI=1S/C18H26F3N5O2/c1-3-22-18(23-10-12(2)26-6-8-28-9-7-26)24-11-15(27)25-14-5-4-13(19)16(20)17(14)21/h4-5,12H,3,6-11H2,1-2H3,(H,25,27)(H2,22,23,24). The summed E-state index contributed by atoms with van der Waals surface area (Å²) in [6.45, 7) is 8.01. The first-order valence-corrected chi connectivity index (χ1v) is 9.19. The van der Waals surface area contributed by atoms with Gasteiger partial charge in [-0.1, -0.05) is 0 Å². The van der Waals surface area contributed by atoms with E-state index in [-0.39, 0.29) is 12.6 Å². The highest BCUT2D eigenvalue weighted by Gasteiger charge is 2.17. The largest absolute Gasteiger partial charge is 0.379 e. The van der Waals surface area contributed by atoms with Crippen molar-refractivity contribution in [2.45, 2.75) is 19.9 Å². The van der Waals surface area contributed by atoms with Gasteiger partial charge in [0.05, 0.1) is 18.9 Å². The maximum atomic E-state index is 13.6. The molecule has 1 aliphatic heterocycles. The molecule has 1 aromatic carbocycles. The van der Waals surface area contributed by atoms with Gasteiger partial charge < -0.3 is 20.7 Å². The molecular formula is C18H26F3N5O2. The Labute approximate surface area is 162 Å². The molecule has 1 fully saturated rings. The fourth-order valence-corrected chi connectivity index (χ4v) is 2.70. The summed E-state index contributed by atoms with van der Waals surface area (Å²) >= 11 is 0. The van der Waals surface area contributed by atoms with E-state index >= 15 is 0 Å². The Kier molecular flexibility index (Phi) is 8.52. The van der Waals surface area contributed by atoms with Gasteiger partial charge in [0.2, 0.25) is 5.91 Å². The maximum absolute atomic E-state index is 13.6. The Morgan fingerprint density at radius 1 is 1.21 bits per heavy atom. The van der Waals surface area contributed by atoms with Crippen LogP contribution < -0.4 is 16.0 Å². The van der Waals surface area contributed by atoms with Crippen molar-refractivity contribution < 1.29 is 22.7 Å². The van der Waals surface area contributed by atoms with Crippen molar-refractivity contribution in [1.29, 1.82) is 0 Å². The van der Waals surface area contributed by atoms with Gasteiger partial charge in [0.15, 0.2) is 23.4 Å². The van der Waals surface area contributed by atoms with E-state index in [1.54, 1.807) is 0 Å². The van der Waals surface area contributed by atoms with E-state index < -0.39 is 29.0 Å². The van der Waals surface area contributed by atoms with Crippen LogP contribution in [0.25, 0.3) is 0 Å². The number of hydrogen-bond acceptors (Lipinski definition) is 4. The number of halogens is 3. The smallest absolute Gasteiger partial charge is 0.246 e. The number of guanidine groups is 1. The van der Waals surface area contributed by atoms with Gasteiger partial charge in [-0.2, -0.15) is 0 Å². The molecule has 0 aliphatic carbocycles. The molecule has 1 heterocycles. The molecule has 1 aromatic rings. The van der Waals surface area contributed by atoms with Crippen LogP contribution in [0.1, 0.15) is 13.8 Å². The molecule has 1 amide bonds. The highest BCUT2D eigenvalue weighted by Crippen LogP contribution is 2.19. The lowest BCUT2D eigenvalue weighted by molar-refractivity contribution is -0.114. The van der Waals surface area contributed by atoms with Crippen molar-refractivity contribution in [3.8, 4) is 0 Å². The number of anilines is 1. The van der Waals surface area contributed by atoms with Gasteiger partial charge in [-0.15, -0.1) is 0 Å². The Morgan fingerprint density at radius 2 is 1.93 bits per heavy atom. The molecule has 0 spiro atoms. The van der Waals surface area contributed by atoms with Crippen molar-refractivity contribution >= 4 is 17.6 Å². The summed E-state index contributed by atoms with van der Waals surface area (Å²) in [5.41, 5.74) is -0.432. The van der Waals surface area contributed by atoms with Gasteiger partial charge in [-0.25, -0.2) is 18.2 Å². The predicted molar refractivity (Wildman–Crippen MR) is 101 cm³/mol. The Balaban J connectivity index is 1.88. The highest BCUT2D eigenvalue weighted by molar-refractivity contribution is 5.94. The zero-order valence-electron chi connectivity index (χ0n) is 16.0. The number of morpholine rings is 1.